The fourth-order valence-corrected chi connectivity index (χ4v) is 4.34. The molecule has 2 heterocycles. The van der Waals surface area contributed by atoms with Crippen molar-refractivity contribution in [3.8, 4) is 5.75 Å². The summed E-state index contributed by atoms with van der Waals surface area (Å²) >= 11 is 1.45. The molecule has 5 nitrogen and oxygen atoms in total. The molecule has 1 unspecified atom stereocenters. The van der Waals surface area contributed by atoms with Gasteiger partial charge < -0.3 is 14.7 Å². The number of amides is 1. The third-order valence-electron chi connectivity index (χ3n) is 4.89. The second-order valence-electron chi connectivity index (χ2n) is 6.66. The van der Waals surface area contributed by atoms with Gasteiger partial charge in [0.25, 0.3) is 11.7 Å². The zero-order chi connectivity index (χ0) is 20.4. The van der Waals surface area contributed by atoms with Crippen molar-refractivity contribution in [2.24, 2.45) is 0 Å². The van der Waals surface area contributed by atoms with E-state index in [9.17, 15) is 14.7 Å². The van der Waals surface area contributed by atoms with Crippen molar-refractivity contribution in [3.05, 3.63) is 93.7 Å². The highest BCUT2D eigenvalue weighted by Crippen LogP contribution is 2.42. The average Bonchev–Trinajstić information content (AvgIpc) is 3.37. The van der Waals surface area contributed by atoms with Crippen LogP contribution in [0.15, 0.2) is 77.7 Å². The van der Waals surface area contributed by atoms with Crippen LogP contribution in [-0.4, -0.2) is 28.8 Å². The van der Waals surface area contributed by atoms with E-state index in [2.05, 4.69) is 0 Å². The van der Waals surface area contributed by atoms with E-state index in [0.29, 0.717) is 11.3 Å². The van der Waals surface area contributed by atoms with Gasteiger partial charge in [-0.2, -0.15) is 0 Å². The van der Waals surface area contributed by atoms with Crippen LogP contribution in [0.25, 0.3) is 5.76 Å². The number of carbonyl (C=O) groups is 2. The van der Waals surface area contributed by atoms with Crippen LogP contribution in [0.1, 0.15) is 22.0 Å². The molecule has 0 spiro atoms. The molecule has 1 saturated heterocycles. The number of benzene rings is 2. The summed E-state index contributed by atoms with van der Waals surface area (Å²) in [5.74, 6) is -0.937. The Morgan fingerprint density at radius 3 is 2.55 bits per heavy atom. The molecular weight excluding hydrogens is 386 g/mol. The van der Waals surface area contributed by atoms with Gasteiger partial charge in [0.15, 0.2) is 0 Å². The molecule has 1 N–H and O–H groups in total. The Bertz CT molecular complexity index is 1070. The van der Waals surface area contributed by atoms with E-state index < -0.39 is 17.7 Å². The first kappa shape index (κ1) is 19.0. The van der Waals surface area contributed by atoms with E-state index in [4.69, 9.17) is 4.74 Å². The number of rotatable bonds is 5. The van der Waals surface area contributed by atoms with Crippen molar-refractivity contribution in [1.29, 1.82) is 0 Å². The third kappa shape index (κ3) is 3.54. The van der Waals surface area contributed by atoms with Gasteiger partial charge in [-0.15, -0.1) is 11.3 Å². The summed E-state index contributed by atoms with van der Waals surface area (Å²) in [5.41, 5.74) is 1.45. The van der Waals surface area contributed by atoms with Crippen LogP contribution in [0.5, 0.6) is 5.75 Å². The lowest BCUT2D eigenvalue weighted by molar-refractivity contribution is -0.140. The normalized spacial score (nSPS) is 18.2. The Kier molecular flexibility index (Phi) is 5.18. The van der Waals surface area contributed by atoms with Crippen molar-refractivity contribution >= 4 is 28.8 Å². The molecule has 29 heavy (non-hydrogen) atoms. The molecule has 1 amide bonds. The first-order valence-corrected chi connectivity index (χ1v) is 9.98. The molecule has 1 aliphatic rings. The number of Topliss-reactive ketones (excluding diaryl/α,β-unsaturated/α-hetero) is 1. The van der Waals surface area contributed by atoms with Crippen molar-refractivity contribution in [1.82, 2.24) is 4.90 Å². The minimum Gasteiger partial charge on any atom is -0.507 e. The summed E-state index contributed by atoms with van der Waals surface area (Å²) in [6.45, 7) is 0.281. The number of methoxy groups -OCH3 is 1. The average molecular weight is 405 g/mol. The van der Waals surface area contributed by atoms with Gasteiger partial charge in [0.2, 0.25) is 0 Å². The molecule has 6 heteroatoms. The maximum Gasteiger partial charge on any atom is 0.295 e. The van der Waals surface area contributed by atoms with Crippen molar-refractivity contribution in [2.75, 3.05) is 7.11 Å². The first-order valence-electron chi connectivity index (χ1n) is 9.10. The Hall–Kier alpha value is -3.38. The van der Waals surface area contributed by atoms with Crippen LogP contribution < -0.4 is 4.74 Å². The maximum atomic E-state index is 12.9. The highest BCUT2D eigenvalue weighted by atomic mass is 32.1. The summed E-state index contributed by atoms with van der Waals surface area (Å²) < 4.78 is 5.22. The van der Waals surface area contributed by atoms with Gasteiger partial charge in [-0.1, -0.05) is 48.5 Å². The number of likely N-dealkylation sites (tertiary alicyclic amines) is 1. The second-order valence-corrected chi connectivity index (χ2v) is 7.64. The quantitative estimate of drug-likeness (QED) is 0.389. The van der Waals surface area contributed by atoms with Crippen molar-refractivity contribution in [3.63, 3.8) is 0 Å². The third-order valence-corrected chi connectivity index (χ3v) is 5.82. The van der Waals surface area contributed by atoms with Crippen LogP contribution in [-0.2, 0) is 16.1 Å². The number of thiophene rings is 1. The number of hydrogen-bond acceptors (Lipinski definition) is 5. The first-order chi connectivity index (χ1) is 14.1. The highest BCUT2D eigenvalue weighted by molar-refractivity contribution is 7.10. The van der Waals surface area contributed by atoms with Gasteiger partial charge in [0.1, 0.15) is 11.5 Å². The monoisotopic (exact) mass is 405 g/mol. The largest absolute Gasteiger partial charge is 0.507 e. The SMILES string of the molecule is COc1cccc(C(O)=C2C(=O)C(=O)N(Cc3ccccc3)C2c2cccs2)c1. The molecule has 0 aliphatic carbocycles. The number of ether oxygens (including phenoxy) is 1. The maximum absolute atomic E-state index is 12.9. The molecule has 1 aliphatic heterocycles. The number of ketones is 1. The lowest BCUT2D eigenvalue weighted by atomic mass is 9.99. The number of hydrogen-bond donors (Lipinski definition) is 1. The van der Waals surface area contributed by atoms with Crippen LogP contribution in [0.2, 0.25) is 0 Å². The Morgan fingerprint density at radius 1 is 1.07 bits per heavy atom. The van der Waals surface area contributed by atoms with Gasteiger partial charge in [0, 0.05) is 17.0 Å². The number of carbonyl (C=O) groups excluding carboxylic acids is 2. The summed E-state index contributed by atoms with van der Waals surface area (Å²) in [5, 5.41) is 12.9. The zero-order valence-corrected chi connectivity index (χ0v) is 16.6. The lowest BCUT2D eigenvalue weighted by Crippen LogP contribution is -2.28. The summed E-state index contributed by atoms with van der Waals surface area (Å²) in [6, 6.07) is 19.4. The Labute approximate surface area is 172 Å². The minimum absolute atomic E-state index is 0.0987. The van der Waals surface area contributed by atoms with Crippen LogP contribution >= 0.6 is 11.3 Å². The standard InChI is InChI=1S/C23H19NO4S/c1-28-17-10-5-9-16(13-17)21(25)19-20(18-11-6-12-29-18)24(23(27)22(19)26)14-15-7-3-2-4-8-15/h2-13,20,25H,14H2,1H3. The van der Waals surface area contributed by atoms with Crippen LogP contribution in [0.3, 0.4) is 0 Å². The van der Waals surface area contributed by atoms with Crippen molar-refractivity contribution in [2.45, 2.75) is 12.6 Å². The van der Waals surface area contributed by atoms with E-state index in [1.54, 1.807) is 24.3 Å². The molecule has 3 aromatic rings. The summed E-state index contributed by atoms with van der Waals surface area (Å²) in [6.07, 6.45) is 0. The summed E-state index contributed by atoms with van der Waals surface area (Å²) in [7, 11) is 1.53. The van der Waals surface area contributed by atoms with Crippen LogP contribution in [0.4, 0.5) is 0 Å². The Balaban J connectivity index is 1.83. The van der Waals surface area contributed by atoms with Gasteiger partial charge in [-0.25, -0.2) is 0 Å². The predicted molar refractivity (Wildman–Crippen MR) is 112 cm³/mol. The molecule has 1 aromatic heterocycles. The topological polar surface area (TPSA) is 66.8 Å². The number of aliphatic hydroxyl groups is 1. The molecule has 0 saturated carbocycles. The molecule has 4 rings (SSSR count). The van der Waals surface area contributed by atoms with Crippen LogP contribution in [0, 0.1) is 0 Å². The molecule has 0 radical (unpaired) electrons. The van der Waals surface area contributed by atoms with E-state index in [0.717, 1.165) is 10.4 Å². The Morgan fingerprint density at radius 2 is 1.86 bits per heavy atom. The molecule has 1 atom stereocenters. The predicted octanol–water partition coefficient (Wildman–Crippen LogP) is 4.38. The smallest absolute Gasteiger partial charge is 0.295 e. The fourth-order valence-electron chi connectivity index (χ4n) is 3.49. The van der Waals surface area contributed by atoms with E-state index in [1.165, 1.54) is 23.3 Å². The zero-order valence-electron chi connectivity index (χ0n) is 15.7. The van der Waals surface area contributed by atoms with Crippen molar-refractivity contribution < 1.29 is 19.4 Å². The molecule has 2 aromatic carbocycles. The number of aliphatic hydroxyl groups excluding tert-OH is 1. The fraction of sp³-hybridized carbons (Fsp3) is 0.130. The lowest BCUT2D eigenvalue weighted by Gasteiger charge is -2.24. The van der Waals surface area contributed by atoms with E-state index in [1.807, 2.05) is 47.8 Å². The molecular formula is C23H19NO4S. The van der Waals surface area contributed by atoms with Gasteiger partial charge >= 0.3 is 0 Å². The highest BCUT2D eigenvalue weighted by Gasteiger charge is 2.46. The van der Waals surface area contributed by atoms with E-state index in [-0.39, 0.29) is 17.9 Å². The summed E-state index contributed by atoms with van der Waals surface area (Å²) in [4.78, 5) is 28.2. The number of nitrogens with zero attached hydrogens (tertiary/aromatic N) is 1. The molecule has 0 bridgehead atoms. The van der Waals surface area contributed by atoms with Gasteiger partial charge in [0.05, 0.1) is 18.7 Å². The van der Waals surface area contributed by atoms with Gasteiger partial charge in [-0.05, 0) is 29.1 Å². The minimum atomic E-state index is -0.681. The van der Waals surface area contributed by atoms with Gasteiger partial charge in [-0.3, -0.25) is 9.59 Å². The molecule has 1 fully saturated rings. The molecule has 146 valence electrons. The second kappa shape index (κ2) is 7.93. The van der Waals surface area contributed by atoms with E-state index >= 15 is 0 Å².